The van der Waals surface area contributed by atoms with E-state index < -0.39 is 0 Å². The lowest BCUT2D eigenvalue weighted by molar-refractivity contribution is 1.24. The number of allylic oxidation sites excluding steroid dienone is 1. The van der Waals surface area contributed by atoms with Crippen molar-refractivity contribution in [3.63, 3.8) is 0 Å². The SMILES string of the molecule is Cc1csc(/C(C#N)=C/Nc2cccc(Cl)c2C)n1. The van der Waals surface area contributed by atoms with Gasteiger partial charge in [-0.1, -0.05) is 17.7 Å². The highest BCUT2D eigenvalue weighted by Crippen LogP contribution is 2.24. The third kappa shape index (κ3) is 3.14. The number of aryl methyl sites for hydroxylation is 1. The first-order chi connectivity index (χ1) is 9.11. The predicted octanol–water partition coefficient (Wildman–Crippen LogP) is 4.39. The van der Waals surface area contributed by atoms with E-state index in [9.17, 15) is 5.26 Å². The monoisotopic (exact) mass is 289 g/mol. The Morgan fingerprint density at radius 1 is 1.47 bits per heavy atom. The van der Waals surface area contributed by atoms with Crippen LogP contribution in [0.1, 0.15) is 16.3 Å². The summed E-state index contributed by atoms with van der Waals surface area (Å²) in [4.78, 5) is 4.30. The summed E-state index contributed by atoms with van der Waals surface area (Å²) in [6.07, 6.45) is 1.66. The third-order valence-electron chi connectivity index (χ3n) is 2.61. The van der Waals surface area contributed by atoms with Crippen molar-refractivity contribution in [3.8, 4) is 6.07 Å². The van der Waals surface area contributed by atoms with Crippen LogP contribution in [0.25, 0.3) is 5.57 Å². The molecule has 0 aliphatic rings. The number of anilines is 1. The first-order valence-corrected chi connectivity index (χ1v) is 6.92. The number of thiazole rings is 1. The maximum atomic E-state index is 9.17. The van der Waals surface area contributed by atoms with Crippen LogP contribution in [0.5, 0.6) is 0 Å². The van der Waals surface area contributed by atoms with Gasteiger partial charge in [-0.05, 0) is 31.5 Å². The summed E-state index contributed by atoms with van der Waals surface area (Å²) < 4.78 is 0. The summed E-state index contributed by atoms with van der Waals surface area (Å²) in [5.74, 6) is 0. The van der Waals surface area contributed by atoms with Crippen molar-refractivity contribution in [2.24, 2.45) is 0 Å². The second-order valence-corrected chi connectivity index (χ2v) is 5.29. The van der Waals surface area contributed by atoms with E-state index in [1.54, 1.807) is 6.20 Å². The molecule has 19 heavy (non-hydrogen) atoms. The van der Waals surface area contributed by atoms with Crippen molar-refractivity contribution in [1.82, 2.24) is 4.98 Å². The van der Waals surface area contributed by atoms with Crippen LogP contribution in [0.2, 0.25) is 5.02 Å². The molecule has 2 aromatic rings. The second-order valence-electron chi connectivity index (χ2n) is 4.02. The van der Waals surface area contributed by atoms with Gasteiger partial charge in [0.15, 0.2) is 0 Å². The molecule has 0 unspecified atom stereocenters. The van der Waals surface area contributed by atoms with Crippen LogP contribution in [0, 0.1) is 25.2 Å². The smallest absolute Gasteiger partial charge is 0.135 e. The quantitative estimate of drug-likeness (QED) is 0.853. The van der Waals surface area contributed by atoms with Gasteiger partial charge in [0.1, 0.15) is 16.6 Å². The van der Waals surface area contributed by atoms with Crippen molar-refractivity contribution in [1.29, 1.82) is 5.26 Å². The molecule has 1 aromatic heterocycles. The number of nitriles is 1. The third-order valence-corrected chi connectivity index (χ3v) is 4.01. The first-order valence-electron chi connectivity index (χ1n) is 5.66. The zero-order valence-corrected chi connectivity index (χ0v) is 12.1. The van der Waals surface area contributed by atoms with Crippen LogP contribution in [-0.2, 0) is 0 Å². The molecule has 1 N–H and O–H groups in total. The molecule has 3 nitrogen and oxygen atoms in total. The van der Waals surface area contributed by atoms with Gasteiger partial charge in [0, 0.05) is 28.0 Å². The summed E-state index contributed by atoms with van der Waals surface area (Å²) in [7, 11) is 0. The van der Waals surface area contributed by atoms with E-state index in [-0.39, 0.29) is 0 Å². The van der Waals surface area contributed by atoms with Gasteiger partial charge in [-0.2, -0.15) is 5.26 Å². The largest absolute Gasteiger partial charge is 0.360 e. The number of halogens is 1. The number of aromatic nitrogens is 1. The molecule has 0 amide bonds. The molecule has 0 saturated heterocycles. The summed E-state index contributed by atoms with van der Waals surface area (Å²) >= 11 is 7.50. The molecule has 0 aliphatic heterocycles. The molecule has 1 heterocycles. The van der Waals surface area contributed by atoms with Crippen LogP contribution in [0.4, 0.5) is 5.69 Å². The number of nitrogens with zero attached hydrogens (tertiary/aromatic N) is 2. The molecular weight excluding hydrogens is 278 g/mol. The number of nitrogens with one attached hydrogen (secondary N) is 1. The van der Waals surface area contributed by atoms with E-state index >= 15 is 0 Å². The Bertz CT molecular complexity index is 668. The van der Waals surface area contributed by atoms with E-state index in [0.717, 1.165) is 16.9 Å². The number of hydrogen-bond acceptors (Lipinski definition) is 4. The van der Waals surface area contributed by atoms with E-state index in [0.29, 0.717) is 15.6 Å². The Morgan fingerprint density at radius 2 is 2.26 bits per heavy atom. The van der Waals surface area contributed by atoms with Gasteiger partial charge < -0.3 is 5.32 Å². The lowest BCUT2D eigenvalue weighted by Gasteiger charge is -2.06. The predicted molar refractivity (Wildman–Crippen MR) is 80.3 cm³/mol. The second kappa shape index (κ2) is 5.87. The lowest BCUT2D eigenvalue weighted by Crippen LogP contribution is -1.93. The van der Waals surface area contributed by atoms with Gasteiger partial charge in [-0.3, -0.25) is 0 Å². The zero-order chi connectivity index (χ0) is 13.8. The minimum atomic E-state index is 0.512. The van der Waals surface area contributed by atoms with Crippen molar-refractivity contribution in [3.05, 3.63) is 51.1 Å². The van der Waals surface area contributed by atoms with Crippen molar-refractivity contribution in [2.75, 3.05) is 5.32 Å². The van der Waals surface area contributed by atoms with E-state index in [2.05, 4.69) is 16.4 Å². The average molecular weight is 290 g/mol. The van der Waals surface area contributed by atoms with Crippen LogP contribution >= 0.6 is 22.9 Å². The fourth-order valence-corrected chi connectivity index (χ4v) is 2.47. The highest BCUT2D eigenvalue weighted by Gasteiger charge is 2.06. The Kier molecular flexibility index (Phi) is 4.20. The fraction of sp³-hybridized carbons (Fsp3) is 0.143. The van der Waals surface area contributed by atoms with Crippen molar-refractivity contribution in [2.45, 2.75) is 13.8 Å². The Hall–Kier alpha value is -1.83. The van der Waals surface area contributed by atoms with Gasteiger partial charge in [-0.25, -0.2) is 4.98 Å². The van der Waals surface area contributed by atoms with Crippen molar-refractivity contribution < 1.29 is 0 Å². The molecule has 0 fully saturated rings. The Labute approximate surface area is 121 Å². The Balaban J connectivity index is 2.26. The van der Waals surface area contributed by atoms with Crippen LogP contribution in [0.3, 0.4) is 0 Å². The minimum absolute atomic E-state index is 0.512. The van der Waals surface area contributed by atoms with Gasteiger partial charge in [0.05, 0.1) is 0 Å². The molecule has 0 radical (unpaired) electrons. The van der Waals surface area contributed by atoms with Crippen LogP contribution < -0.4 is 5.32 Å². The standard InChI is InChI=1S/C14H12ClN3S/c1-9-8-19-14(18-9)11(6-16)7-17-13-5-3-4-12(15)10(13)2/h3-5,7-8,17H,1-2H3/b11-7+. The fourth-order valence-electron chi connectivity index (χ4n) is 1.53. The normalized spacial score (nSPS) is 11.2. The summed E-state index contributed by atoms with van der Waals surface area (Å²) in [6, 6.07) is 7.77. The summed E-state index contributed by atoms with van der Waals surface area (Å²) in [5, 5.41) is 15.6. The van der Waals surface area contributed by atoms with E-state index in [4.69, 9.17) is 11.6 Å². The molecule has 96 valence electrons. The highest BCUT2D eigenvalue weighted by molar-refractivity contribution is 7.10. The minimum Gasteiger partial charge on any atom is -0.360 e. The van der Waals surface area contributed by atoms with Crippen molar-refractivity contribution >= 4 is 34.2 Å². The number of rotatable bonds is 3. The molecule has 0 saturated carbocycles. The molecule has 2 rings (SSSR count). The van der Waals surface area contributed by atoms with E-state index in [1.807, 2.05) is 37.4 Å². The number of benzene rings is 1. The van der Waals surface area contributed by atoms with Crippen LogP contribution in [-0.4, -0.2) is 4.98 Å². The molecule has 5 heteroatoms. The van der Waals surface area contributed by atoms with Gasteiger partial charge in [0.25, 0.3) is 0 Å². The molecule has 0 atom stereocenters. The zero-order valence-electron chi connectivity index (χ0n) is 10.6. The molecule has 0 spiro atoms. The Morgan fingerprint density at radius 3 is 2.89 bits per heavy atom. The lowest BCUT2D eigenvalue weighted by atomic mass is 10.2. The summed E-state index contributed by atoms with van der Waals surface area (Å²) in [6.45, 7) is 3.83. The highest BCUT2D eigenvalue weighted by atomic mass is 35.5. The molecule has 1 aromatic carbocycles. The van der Waals surface area contributed by atoms with Gasteiger partial charge in [-0.15, -0.1) is 11.3 Å². The van der Waals surface area contributed by atoms with Crippen LogP contribution in [0.15, 0.2) is 29.8 Å². The molecule has 0 aliphatic carbocycles. The van der Waals surface area contributed by atoms with Gasteiger partial charge >= 0.3 is 0 Å². The van der Waals surface area contributed by atoms with Gasteiger partial charge in [0.2, 0.25) is 0 Å². The topological polar surface area (TPSA) is 48.7 Å². The average Bonchev–Trinajstić information content (AvgIpc) is 2.82. The first kappa shape index (κ1) is 13.6. The summed E-state index contributed by atoms with van der Waals surface area (Å²) in [5.41, 5.74) is 3.26. The molecule has 0 bridgehead atoms. The maximum Gasteiger partial charge on any atom is 0.135 e. The number of hydrogen-bond donors (Lipinski definition) is 1. The van der Waals surface area contributed by atoms with E-state index in [1.165, 1.54) is 11.3 Å². The maximum absolute atomic E-state index is 9.17. The molecular formula is C14H12ClN3S.